The molecule has 148 valence electrons. The fourth-order valence-electron chi connectivity index (χ4n) is 3.61. The number of hydrogen-bond donors (Lipinski definition) is 1. The third kappa shape index (κ3) is 4.34. The maximum absolute atomic E-state index is 12.7. The largest absolute Gasteiger partial charge is 0.497 e. The molecule has 29 heavy (non-hydrogen) atoms. The lowest BCUT2D eigenvalue weighted by Crippen LogP contribution is -2.30. The van der Waals surface area contributed by atoms with Gasteiger partial charge in [-0.1, -0.05) is 18.2 Å². The van der Waals surface area contributed by atoms with E-state index in [1.807, 2.05) is 41.3 Å². The first-order valence-corrected chi connectivity index (χ1v) is 9.56. The van der Waals surface area contributed by atoms with Gasteiger partial charge in [-0.3, -0.25) is 14.6 Å². The third-order valence-corrected chi connectivity index (χ3v) is 5.12. The van der Waals surface area contributed by atoms with Crippen LogP contribution in [0.5, 0.6) is 5.75 Å². The van der Waals surface area contributed by atoms with E-state index < -0.39 is 0 Å². The Balaban J connectivity index is 1.47. The predicted molar refractivity (Wildman–Crippen MR) is 109 cm³/mol. The molecule has 1 atom stereocenters. The van der Waals surface area contributed by atoms with Crippen LogP contribution < -0.4 is 10.3 Å². The van der Waals surface area contributed by atoms with Gasteiger partial charge in [0.05, 0.1) is 19.2 Å². The fraction of sp³-hybridized carbons (Fsp3) is 0.273. The van der Waals surface area contributed by atoms with Gasteiger partial charge in [0.25, 0.3) is 5.56 Å². The number of carbonyl (C=O) groups excluding carboxylic acids is 1. The molecule has 1 fully saturated rings. The van der Waals surface area contributed by atoms with Crippen LogP contribution in [0, 0.1) is 0 Å². The summed E-state index contributed by atoms with van der Waals surface area (Å²) in [5, 5.41) is 0. The first-order valence-electron chi connectivity index (χ1n) is 9.56. The molecule has 0 radical (unpaired) electrons. The zero-order valence-electron chi connectivity index (χ0n) is 16.2. The first-order chi connectivity index (χ1) is 14.1. The van der Waals surface area contributed by atoms with Crippen LogP contribution in [0.3, 0.4) is 0 Å². The van der Waals surface area contributed by atoms with Gasteiger partial charge in [-0.15, -0.1) is 0 Å². The third-order valence-electron chi connectivity index (χ3n) is 5.12. The van der Waals surface area contributed by atoms with Gasteiger partial charge in [0.1, 0.15) is 11.4 Å². The average Bonchev–Trinajstić information content (AvgIpc) is 3.25. The molecule has 2 aromatic heterocycles. The number of nitrogens with zero attached hydrogens (tertiary/aromatic N) is 3. The molecule has 1 unspecified atom stereocenters. The minimum absolute atomic E-state index is 0.0361. The molecule has 1 aliphatic heterocycles. The van der Waals surface area contributed by atoms with Crippen LogP contribution in [0.25, 0.3) is 11.5 Å². The summed E-state index contributed by atoms with van der Waals surface area (Å²) in [6, 6.07) is 14.5. The van der Waals surface area contributed by atoms with Crippen molar-refractivity contribution in [2.45, 2.75) is 18.8 Å². The van der Waals surface area contributed by atoms with Crippen LogP contribution in [-0.2, 0) is 11.2 Å². The molecule has 3 heterocycles. The van der Waals surface area contributed by atoms with E-state index in [1.54, 1.807) is 19.4 Å². The lowest BCUT2D eigenvalue weighted by Gasteiger charge is -2.17. The first kappa shape index (κ1) is 18.9. The van der Waals surface area contributed by atoms with E-state index in [-0.39, 0.29) is 17.4 Å². The summed E-state index contributed by atoms with van der Waals surface area (Å²) in [7, 11) is 1.61. The summed E-state index contributed by atoms with van der Waals surface area (Å²) >= 11 is 0. The SMILES string of the molecule is COc1cccc(CC(=O)N2CCC(c3cc(=O)[nH]c(-c4ccccn4)n3)C2)c1. The van der Waals surface area contributed by atoms with Gasteiger partial charge in [-0.05, 0) is 36.2 Å². The number of carbonyl (C=O) groups is 1. The topological polar surface area (TPSA) is 88.2 Å². The Morgan fingerprint density at radius 1 is 1.24 bits per heavy atom. The van der Waals surface area contributed by atoms with Crippen LogP contribution in [-0.4, -0.2) is 46.0 Å². The van der Waals surface area contributed by atoms with Crippen molar-refractivity contribution >= 4 is 5.91 Å². The van der Waals surface area contributed by atoms with E-state index in [1.165, 1.54) is 6.07 Å². The minimum atomic E-state index is -0.211. The van der Waals surface area contributed by atoms with Crippen molar-refractivity contribution in [1.29, 1.82) is 0 Å². The number of H-pyrrole nitrogens is 1. The second-order valence-electron chi connectivity index (χ2n) is 7.09. The summed E-state index contributed by atoms with van der Waals surface area (Å²) in [4.78, 5) is 38.3. The van der Waals surface area contributed by atoms with Crippen molar-refractivity contribution in [3.05, 3.63) is 76.3 Å². The monoisotopic (exact) mass is 390 g/mol. The van der Waals surface area contributed by atoms with Crippen LogP contribution in [0.4, 0.5) is 0 Å². The highest BCUT2D eigenvalue weighted by Gasteiger charge is 2.28. The molecule has 4 rings (SSSR count). The Hall–Kier alpha value is -3.48. The number of ether oxygens (including phenoxy) is 1. The number of methoxy groups -OCH3 is 1. The second-order valence-corrected chi connectivity index (χ2v) is 7.09. The van der Waals surface area contributed by atoms with Crippen molar-refractivity contribution in [1.82, 2.24) is 19.9 Å². The van der Waals surface area contributed by atoms with Gasteiger partial charge in [-0.25, -0.2) is 4.98 Å². The Morgan fingerprint density at radius 2 is 2.14 bits per heavy atom. The molecular weight excluding hydrogens is 368 g/mol. The van der Waals surface area contributed by atoms with Gasteiger partial charge in [0.15, 0.2) is 5.82 Å². The maximum Gasteiger partial charge on any atom is 0.251 e. The van der Waals surface area contributed by atoms with Crippen molar-refractivity contribution in [2.24, 2.45) is 0 Å². The maximum atomic E-state index is 12.7. The minimum Gasteiger partial charge on any atom is -0.497 e. The number of benzene rings is 1. The molecule has 3 aromatic rings. The molecule has 7 nitrogen and oxygen atoms in total. The highest BCUT2D eigenvalue weighted by atomic mass is 16.5. The van der Waals surface area contributed by atoms with Gasteiger partial charge in [-0.2, -0.15) is 0 Å². The smallest absolute Gasteiger partial charge is 0.251 e. The predicted octanol–water partition coefficient (Wildman–Crippen LogP) is 2.40. The number of hydrogen-bond acceptors (Lipinski definition) is 5. The average molecular weight is 390 g/mol. The number of pyridine rings is 1. The van der Waals surface area contributed by atoms with E-state index in [4.69, 9.17) is 4.74 Å². The van der Waals surface area contributed by atoms with Crippen molar-refractivity contribution in [2.75, 3.05) is 20.2 Å². The van der Waals surface area contributed by atoms with Gasteiger partial charge in [0, 0.05) is 31.3 Å². The Bertz CT molecular complexity index is 1060. The molecular formula is C22H22N4O3. The number of likely N-dealkylation sites (tertiary alicyclic amines) is 1. The molecule has 0 aliphatic carbocycles. The molecule has 0 saturated carbocycles. The molecule has 7 heteroatoms. The van der Waals surface area contributed by atoms with Gasteiger partial charge >= 0.3 is 0 Å². The highest BCUT2D eigenvalue weighted by molar-refractivity contribution is 5.79. The van der Waals surface area contributed by atoms with Crippen LogP contribution in [0.1, 0.15) is 23.6 Å². The molecule has 1 saturated heterocycles. The molecule has 0 bridgehead atoms. The Kier molecular flexibility index (Phi) is 5.37. The number of nitrogens with one attached hydrogen (secondary N) is 1. The van der Waals surface area contributed by atoms with E-state index in [2.05, 4.69) is 15.0 Å². The second kappa shape index (κ2) is 8.26. The number of aromatic nitrogens is 3. The summed E-state index contributed by atoms with van der Waals surface area (Å²) in [5.41, 5.74) is 2.03. The molecule has 1 amide bonds. The van der Waals surface area contributed by atoms with E-state index in [9.17, 15) is 9.59 Å². The zero-order chi connectivity index (χ0) is 20.2. The molecule has 1 N–H and O–H groups in total. The standard InChI is InChI=1S/C22H22N4O3/c1-29-17-6-4-5-15(11-17)12-21(28)26-10-8-16(14-26)19-13-20(27)25-22(24-19)18-7-2-3-9-23-18/h2-7,9,11,13,16H,8,10,12,14H2,1H3,(H,24,25,27). The Labute approximate surface area is 168 Å². The van der Waals surface area contributed by atoms with E-state index in [0.717, 1.165) is 17.7 Å². The molecule has 1 aliphatic rings. The van der Waals surface area contributed by atoms with Gasteiger partial charge in [0.2, 0.25) is 5.91 Å². The number of rotatable bonds is 5. The zero-order valence-corrected chi connectivity index (χ0v) is 16.2. The normalized spacial score (nSPS) is 16.0. The summed E-state index contributed by atoms with van der Waals surface area (Å²) < 4.78 is 5.22. The summed E-state index contributed by atoms with van der Waals surface area (Å²) in [6.07, 6.45) is 2.77. The molecule has 0 spiro atoms. The van der Waals surface area contributed by atoms with E-state index in [0.29, 0.717) is 36.7 Å². The highest BCUT2D eigenvalue weighted by Crippen LogP contribution is 2.27. The van der Waals surface area contributed by atoms with E-state index >= 15 is 0 Å². The van der Waals surface area contributed by atoms with Crippen LogP contribution >= 0.6 is 0 Å². The fourth-order valence-corrected chi connectivity index (χ4v) is 3.61. The van der Waals surface area contributed by atoms with Crippen molar-refractivity contribution in [3.63, 3.8) is 0 Å². The lowest BCUT2D eigenvalue weighted by molar-refractivity contribution is -0.129. The number of aromatic amines is 1. The quantitative estimate of drug-likeness (QED) is 0.723. The summed E-state index contributed by atoms with van der Waals surface area (Å²) in [6.45, 7) is 1.21. The van der Waals surface area contributed by atoms with Gasteiger partial charge < -0.3 is 14.6 Å². The Morgan fingerprint density at radius 3 is 2.93 bits per heavy atom. The number of amides is 1. The van der Waals surface area contributed by atoms with Crippen molar-refractivity contribution in [3.8, 4) is 17.3 Å². The van der Waals surface area contributed by atoms with Crippen molar-refractivity contribution < 1.29 is 9.53 Å². The summed E-state index contributed by atoms with van der Waals surface area (Å²) in [5.74, 6) is 1.29. The lowest BCUT2D eigenvalue weighted by atomic mass is 10.0. The molecule has 1 aromatic carbocycles. The van der Waals surface area contributed by atoms with Crippen LogP contribution in [0.2, 0.25) is 0 Å². The van der Waals surface area contributed by atoms with Crippen LogP contribution in [0.15, 0.2) is 59.5 Å².